The van der Waals surface area contributed by atoms with Gasteiger partial charge in [-0.2, -0.15) is 23.4 Å². The Bertz CT molecular complexity index is 970. The van der Waals surface area contributed by atoms with Gasteiger partial charge in [-0.05, 0) is 46.6 Å². The van der Waals surface area contributed by atoms with Crippen LogP contribution in [-0.4, -0.2) is 32.0 Å². The van der Waals surface area contributed by atoms with Crippen molar-refractivity contribution in [3.05, 3.63) is 64.7 Å². The number of aryl methyl sites for hydroxylation is 1. The van der Waals surface area contributed by atoms with Crippen LogP contribution in [0.4, 0.5) is 13.2 Å². The number of alkyl halides is 3. The lowest BCUT2D eigenvalue weighted by Gasteiger charge is -2.10. The SMILES string of the molecule is O=C(NCCCn1cc(Br)cn1)c1ccn(COc2cccc(C(F)(F)F)c2)n1. The molecule has 0 aliphatic heterocycles. The van der Waals surface area contributed by atoms with Gasteiger partial charge in [0.1, 0.15) is 11.4 Å². The van der Waals surface area contributed by atoms with Crippen LogP contribution in [0.5, 0.6) is 5.75 Å². The Morgan fingerprint density at radius 2 is 2.07 bits per heavy atom. The van der Waals surface area contributed by atoms with Crippen molar-refractivity contribution in [2.24, 2.45) is 0 Å². The van der Waals surface area contributed by atoms with Gasteiger partial charge in [-0.1, -0.05) is 6.07 Å². The van der Waals surface area contributed by atoms with E-state index in [1.165, 1.54) is 29.1 Å². The third kappa shape index (κ3) is 6.08. The number of amides is 1. The average Bonchev–Trinajstić information content (AvgIpc) is 3.32. The number of carbonyl (C=O) groups is 1. The zero-order chi connectivity index (χ0) is 20.9. The number of aromatic nitrogens is 4. The number of hydrogen-bond donors (Lipinski definition) is 1. The molecule has 0 aliphatic rings. The van der Waals surface area contributed by atoms with Gasteiger partial charge in [-0.3, -0.25) is 9.48 Å². The maximum absolute atomic E-state index is 12.7. The fraction of sp³-hybridized carbons (Fsp3) is 0.278. The second kappa shape index (κ2) is 9.12. The van der Waals surface area contributed by atoms with Crippen LogP contribution in [0.25, 0.3) is 0 Å². The largest absolute Gasteiger partial charge is 0.471 e. The molecular formula is C18H17BrF3N5O2. The molecule has 2 aromatic heterocycles. The Kier molecular flexibility index (Phi) is 6.57. The molecule has 0 fully saturated rings. The quantitative estimate of drug-likeness (QED) is 0.508. The highest BCUT2D eigenvalue weighted by Gasteiger charge is 2.30. The summed E-state index contributed by atoms with van der Waals surface area (Å²) in [5.74, 6) is -0.281. The second-order valence-corrected chi connectivity index (χ2v) is 6.99. The molecule has 0 radical (unpaired) electrons. The highest BCUT2D eigenvalue weighted by atomic mass is 79.9. The van der Waals surface area contributed by atoms with E-state index in [4.69, 9.17) is 4.74 Å². The van der Waals surface area contributed by atoms with Gasteiger partial charge in [0.05, 0.1) is 16.2 Å². The molecule has 0 bridgehead atoms. The number of hydrogen-bond acceptors (Lipinski definition) is 4. The first-order valence-electron chi connectivity index (χ1n) is 8.61. The zero-order valence-electron chi connectivity index (χ0n) is 15.1. The predicted octanol–water partition coefficient (Wildman–Crippen LogP) is 3.72. The van der Waals surface area contributed by atoms with Crippen molar-refractivity contribution < 1.29 is 22.7 Å². The van der Waals surface area contributed by atoms with Crippen molar-refractivity contribution in [2.75, 3.05) is 6.54 Å². The van der Waals surface area contributed by atoms with Gasteiger partial charge in [0.2, 0.25) is 0 Å². The lowest BCUT2D eigenvalue weighted by molar-refractivity contribution is -0.137. The van der Waals surface area contributed by atoms with Gasteiger partial charge in [0, 0.05) is 25.5 Å². The fourth-order valence-corrected chi connectivity index (χ4v) is 2.78. The Morgan fingerprint density at radius 1 is 1.24 bits per heavy atom. The first-order chi connectivity index (χ1) is 13.8. The van der Waals surface area contributed by atoms with Crippen molar-refractivity contribution >= 4 is 21.8 Å². The normalized spacial score (nSPS) is 11.4. The van der Waals surface area contributed by atoms with Crippen molar-refractivity contribution in [2.45, 2.75) is 25.9 Å². The van der Waals surface area contributed by atoms with Crippen molar-refractivity contribution in [1.29, 1.82) is 0 Å². The van der Waals surface area contributed by atoms with Crippen LogP contribution in [-0.2, 0) is 19.5 Å². The summed E-state index contributed by atoms with van der Waals surface area (Å²) in [6, 6.07) is 6.08. The summed E-state index contributed by atoms with van der Waals surface area (Å²) in [5.41, 5.74) is -0.600. The Morgan fingerprint density at radius 3 is 2.79 bits per heavy atom. The molecule has 0 unspecified atom stereocenters. The molecule has 11 heteroatoms. The summed E-state index contributed by atoms with van der Waals surface area (Å²) >= 11 is 3.31. The van der Waals surface area contributed by atoms with Crippen LogP contribution in [0.1, 0.15) is 22.5 Å². The van der Waals surface area contributed by atoms with E-state index in [0.29, 0.717) is 19.5 Å². The minimum Gasteiger partial charge on any atom is -0.471 e. The highest BCUT2D eigenvalue weighted by Crippen LogP contribution is 2.31. The molecule has 29 heavy (non-hydrogen) atoms. The first-order valence-corrected chi connectivity index (χ1v) is 9.40. The van der Waals surface area contributed by atoms with E-state index in [1.807, 2.05) is 6.20 Å². The van der Waals surface area contributed by atoms with E-state index in [1.54, 1.807) is 10.9 Å². The molecule has 1 amide bonds. The van der Waals surface area contributed by atoms with E-state index in [-0.39, 0.29) is 24.1 Å². The van der Waals surface area contributed by atoms with Gasteiger partial charge in [-0.15, -0.1) is 0 Å². The highest BCUT2D eigenvalue weighted by molar-refractivity contribution is 9.10. The zero-order valence-corrected chi connectivity index (χ0v) is 16.7. The predicted molar refractivity (Wildman–Crippen MR) is 101 cm³/mol. The van der Waals surface area contributed by atoms with Gasteiger partial charge in [0.25, 0.3) is 5.91 Å². The van der Waals surface area contributed by atoms with E-state index in [9.17, 15) is 18.0 Å². The molecule has 0 saturated heterocycles. The molecule has 2 heterocycles. The third-order valence-corrected chi connectivity index (χ3v) is 4.26. The van der Waals surface area contributed by atoms with Gasteiger partial charge >= 0.3 is 6.18 Å². The average molecular weight is 472 g/mol. The molecule has 3 rings (SSSR count). The molecule has 1 N–H and O–H groups in total. The minimum absolute atomic E-state index is 0.0617. The van der Waals surface area contributed by atoms with E-state index in [2.05, 4.69) is 31.4 Å². The summed E-state index contributed by atoms with van der Waals surface area (Å²) in [6.07, 6.45) is 1.30. The molecule has 3 aromatic rings. The monoisotopic (exact) mass is 471 g/mol. The summed E-state index contributed by atoms with van der Waals surface area (Å²) in [4.78, 5) is 12.1. The van der Waals surface area contributed by atoms with Gasteiger partial charge in [-0.25, -0.2) is 4.68 Å². The van der Waals surface area contributed by atoms with Crippen molar-refractivity contribution in [3.8, 4) is 5.75 Å². The minimum atomic E-state index is -4.44. The third-order valence-electron chi connectivity index (χ3n) is 3.85. The summed E-state index contributed by atoms with van der Waals surface area (Å²) in [6.45, 7) is 0.984. The number of carbonyl (C=O) groups excluding carboxylic acids is 1. The Hall–Kier alpha value is -2.82. The van der Waals surface area contributed by atoms with E-state index < -0.39 is 11.7 Å². The Labute approximate surface area is 172 Å². The van der Waals surface area contributed by atoms with Crippen LogP contribution in [0.15, 0.2) is 53.4 Å². The van der Waals surface area contributed by atoms with Crippen LogP contribution in [0, 0.1) is 0 Å². The second-order valence-electron chi connectivity index (χ2n) is 6.07. The van der Waals surface area contributed by atoms with Crippen LogP contribution < -0.4 is 10.1 Å². The molecule has 0 atom stereocenters. The maximum atomic E-state index is 12.7. The maximum Gasteiger partial charge on any atom is 0.416 e. The van der Waals surface area contributed by atoms with Crippen LogP contribution >= 0.6 is 15.9 Å². The molecule has 0 spiro atoms. The lowest BCUT2D eigenvalue weighted by Crippen LogP contribution is -2.26. The van der Waals surface area contributed by atoms with E-state index >= 15 is 0 Å². The Balaban J connectivity index is 1.45. The number of benzene rings is 1. The fourth-order valence-electron chi connectivity index (χ4n) is 2.45. The molecule has 154 valence electrons. The number of nitrogens with one attached hydrogen (secondary N) is 1. The molecule has 0 aliphatic carbocycles. The topological polar surface area (TPSA) is 74.0 Å². The summed E-state index contributed by atoms with van der Waals surface area (Å²) in [7, 11) is 0. The number of halogens is 4. The number of rotatable bonds is 8. The van der Waals surface area contributed by atoms with Crippen molar-refractivity contribution in [1.82, 2.24) is 24.9 Å². The van der Waals surface area contributed by atoms with E-state index in [0.717, 1.165) is 16.6 Å². The number of nitrogens with zero attached hydrogens (tertiary/aromatic N) is 4. The molecular weight excluding hydrogens is 455 g/mol. The smallest absolute Gasteiger partial charge is 0.416 e. The summed E-state index contributed by atoms with van der Waals surface area (Å²) in [5, 5.41) is 10.9. The number of ether oxygens (including phenoxy) is 1. The molecule has 7 nitrogen and oxygen atoms in total. The van der Waals surface area contributed by atoms with Gasteiger partial charge < -0.3 is 10.1 Å². The molecule has 1 aromatic carbocycles. The first kappa shape index (κ1) is 20.9. The van der Waals surface area contributed by atoms with Crippen LogP contribution in [0.3, 0.4) is 0 Å². The van der Waals surface area contributed by atoms with Crippen LogP contribution in [0.2, 0.25) is 0 Å². The summed E-state index contributed by atoms with van der Waals surface area (Å²) < 4.78 is 47.5. The lowest BCUT2D eigenvalue weighted by atomic mass is 10.2. The van der Waals surface area contributed by atoms with Crippen molar-refractivity contribution in [3.63, 3.8) is 0 Å². The standard InChI is InChI=1S/C18H17BrF3N5O2/c19-14-10-24-26(11-14)7-2-6-23-17(28)16-5-8-27(25-16)12-29-15-4-1-3-13(9-15)18(20,21)22/h1,3-5,8-11H,2,6-7,12H2,(H,23,28). The van der Waals surface area contributed by atoms with Gasteiger partial charge in [0.15, 0.2) is 6.73 Å². The molecule has 0 saturated carbocycles.